The SMILES string of the molecule is COCCN1CCN(Cc2ccc(Nc3ncc(F)c(-c4cc(F)c5c(c4)N(C(C)C)CCO5)n3)nc2)CC1. The molecule has 0 saturated carbocycles. The fraction of sp³-hybridized carbons (Fsp3) is 0.464. The average Bonchev–Trinajstić information content (AvgIpc) is 2.94. The largest absolute Gasteiger partial charge is 0.486 e. The van der Waals surface area contributed by atoms with Crippen LogP contribution in [0.5, 0.6) is 5.75 Å². The number of nitrogens with one attached hydrogen (secondary N) is 1. The standard InChI is InChI=1S/C28H35F2N7O2/c1-19(2)37-11-13-39-27-22(29)14-21(15-24(27)37)26-23(30)17-32-28(34-26)33-25-5-4-20(16-31-25)18-36-8-6-35(7-9-36)10-12-38-3/h4-5,14-17,19H,6-13,18H2,1-3H3,(H,31,32,33,34). The van der Waals surface area contributed by atoms with E-state index in [1.54, 1.807) is 13.2 Å². The van der Waals surface area contributed by atoms with E-state index in [4.69, 9.17) is 9.47 Å². The third-order valence-corrected chi connectivity index (χ3v) is 7.10. The predicted molar refractivity (Wildman–Crippen MR) is 146 cm³/mol. The van der Waals surface area contributed by atoms with E-state index in [0.29, 0.717) is 30.2 Å². The Bertz CT molecular complexity index is 1270. The molecule has 39 heavy (non-hydrogen) atoms. The smallest absolute Gasteiger partial charge is 0.229 e. The number of rotatable bonds is 9. The summed E-state index contributed by atoms with van der Waals surface area (Å²) in [6.45, 7) is 11.7. The van der Waals surface area contributed by atoms with E-state index in [9.17, 15) is 8.78 Å². The number of hydrogen-bond acceptors (Lipinski definition) is 9. The molecule has 11 heteroatoms. The van der Waals surface area contributed by atoms with Gasteiger partial charge in [-0.2, -0.15) is 0 Å². The molecule has 0 amide bonds. The summed E-state index contributed by atoms with van der Waals surface area (Å²) in [6, 6.07) is 6.97. The summed E-state index contributed by atoms with van der Waals surface area (Å²) in [5.41, 5.74) is 2.01. The third-order valence-electron chi connectivity index (χ3n) is 7.10. The fourth-order valence-electron chi connectivity index (χ4n) is 4.96. The van der Waals surface area contributed by atoms with Crippen molar-refractivity contribution in [2.45, 2.75) is 26.4 Å². The fourth-order valence-corrected chi connectivity index (χ4v) is 4.96. The maximum absolute atomic E-state index is 15.0. The van der Waals surface area contributed by atoms with Gasteiger partial charge in [0.25, 0.3) is 0 Å². The van der Waals surface area contributed by atoms with Crippen LogP contribution < -0.4 is 15.0 Å². The second kappa shape index (κ2) is 12.2. The zero-order chi connectivity index (χ0) is 27.4. The number of nitrogens with zero attached hydrogens (tertiary/aromatic N) is 6. The molecular formula is C28H35F2N7O2. The number of fused-ring (bicyclic) bond motifs is 1. The number of hydrogen-bond donors (Lipinski definition) is 1. The lowest BCUT2D eigenvalue weighted by molar-refractivity contribution is 0.0938. The number of ether oxygens (including phenoxy) is 2. The molecule has 2 aromatic heterocycles. The topological polar surface area (TPSA) is 78.9 Å². The molecule has 0 aliphatic carbocycles. The molecule has 208 valence electrons. The van der Waals surface area contributed by atoms with Crippen molar-refractivity contribution in [1.29, 1.82) is 0 Å². The summed E-state index contributed by atoms with van der Waals surface area (Å²) >= 11 is 0. The summed E-state index contributed by atoms with van der Waals surface area (Å²) in [5, 5.41) is 3.04. The van der Waals surface area contributed by atoms with Crippen molar-refractivity contribution >= 4 is 17.5 Å². The van der Waals surface area contributed by atoms with Crippen LogP contribution in [-0.4, -0.2) is 90.4 Å². The first-order valence-corrected chi connectivity index (χ1v) is 13.3. The van der Waals surface area contributed by atoms with Crippen molar-refractivity contribution in [3.05, 3.63) is 53.9 Å². The maximum atomic E-state index is 15.0. The molecule has 0 unspecified atom stereocenters. The van der Waals surface area contributed by atoms with Crippen molar-refractivity contribution in [3.8, 4) is 17.0 Å². The van der Waals surface area contributed by atoms with Gasteiger partial charge in [0.05, 0.1) is 25.0 Å². The number of pyridine rings is 1. The van der Waals surface area contributed by atoms with Crippen molar-refractivity contribution in [2.75, 3.05) is 69.8 Å². The van der Waals surface area contributed by atoms with Crippen molar-refractivity contribution in [1.82, 2.24) is 24.8 Å². The highest BCUT2D eigenvalue weighted by molar-refractivity contribution is 5.73. The van der Waals surface area contributed by atoms with Crippen LogP contribution >= 0.6 is 0 Å². The van der Waals surface area contributed by atoms with Gasteiger partial charge in [0.1, 0.15) is 18.1 Å². The van der Waals surface area contributed by atoms with Gasteiger partial charge in [0.2, 0.25) is 5.95 Å². The molecule has 2 aliphatic heterocycles. The molecule has 1 saturated heterocycles. The first kappa shape index (κ1) is 27.2. The van der Waals surface area contributed by atoms with E-state index in [-0.39, 0.29) is 23.4 Å². The lowest BCUT2D eigenvalue weighted by atomic mass is 10.1. The quantitative estimate of drug-likeness (QED) is 0.435. The van der Waals surface area contributed by atoms with Crippen LogP contribution in [0, 0.1) is 11.6 Å². The summed E-state index contributed by atoms with van der Waals surface area (Å²) in [4.78, 5) is 19.8. The number of piperazine rings is 1. The minimum Gasteiger partial charge on any atom is -0.486 e. The van der Waals surface area contributed by atoms with Crippen LogP contribution in [0.15, 0.2) is 36.7 Å². The first-order chi connectivity index (χ1) is 18.9. The van der Waals surface area contributed by atoms with Crippen molar-refractivity contribution < 1.29 is 18.3 Å². The highest BCUT2D eigenvalue weighted by Gasteiger charge is 2.26. The second-order valence-corrected chi connectivity index (χ2v) is 10.1. The summed E-state index contributed by atoms with van der Waals surface area (Å²) in [6.07, 6.45) is 2.91. The molecule has 0 radical (unpaired) electrons. The third kappa shape index (κ3) is 6.43. The Labute approximate surface area is 227 Å². The molecule has 0 bridgehead atoms. The molecule has 2 aliphatic rings. The zero-order valence-corrected chi connectivity index (χ0v) is 22.7. The zero-order valence-electron chi connectivity index (χ0n) is 22.7. The Hall–Kier alpha value is -3.41. The van der Waals surface area contributed by atoms with Gasteiger partial charge < -0.3 is 19.7 Å². The highest BCUT2D eigenvalue weighted by Crippen LogP contribution is 2.39. The predicted octanol–water partition coefficient (Wildman–Crippen LogP) is 3.93. The van der Waals surface area contributed by atoms with Crippen LogP contribution in [0.1, 0.15) is 19.4 Å². The second-order valence-electron chi connectivity index (χ2n) is 10.1. The Kier molecular flexibility index (Phi) is 8.49. The molecule has 4 heterocycles. The van der Waals surface area contributed by atoms with E-state index in [1.807, 2.05) is 37.1 Å². The Morgan fingerprint density at radius 3 is 2.51 bits per heavy atom. The molecule has 0 spiro atoms. The van der Waals surface area contributed by atoms with Gasteiger partial charge in [0.15, 0.2) is 17.4 Å². The summed E-state index contributed by atoms with van der Waals surface area (Å²) < 4.78 is 40.5. The molecule has 0 atom stereocenters. The van der Waals surface area contributed by atoms with Gasteiger partial charge in [-0.25, -0.2) is 23.7 Å². The van der Waals surface area contributed by atoms with Crippen LogP contribution in [0.2, 0.25) is 0 Å². The molecule has 1 fully saturated rings. The molecule has 3 aromatic rings. The minimum atomic E-state index is -0.640. The average molecular weight is 540 g/mol. The Balaban J connectivity index is 1.27. The summed E-state index contributed by atoms with van der Waals surface area (Å²) in [5.74, 6) is -0.290. The van der Waals surface area contributed by atoms with Crippen LogP contribution in [0.25, 0.3) is 11.3 Å². The van der Waals surface area contributed by atoms with Crippen molar-refractivity contribution in [3.63, 3.8) is 0 Å². The van der Waals surface area contributed by atoms with E-state index in [1.165, 1.54) is 6.07 Å². The van der Waals surface area contributed by atoms with Gasteiger partial charge >= 0.3 is 0 Å². The Morgan fingerprint density at radius 2 is 1.79 bits per heavy atom. The van der Waals surface area contributed by atoms with Crippen LogP contribution in [0.4, 0.5) is 26.2 Å². The number of methoxy groups -OCH3 is 1. The van der Waals surface area contributed by atoms with Crippen LogP contribution in [0.3, 0.4) is 0 Å². The molecular weight excluding hydrogens is 504 g/mol. The highest BCUT2D eigenvalue weighted by atomic mass is 19.1. The lowest BCUT2D eigenvalue weighted by Gasteiger charge is -2.34. The van der Waals surface area contributed by atoms with E-state index < -0.39 is 11.6 Å². The van der Waals surface area contributed by atoms with E-state index in [0.717, 1.165) is 57.6 Å². The van der Waals surface area contributed by atoms with Gasteiger partial charge in [0, 0.05) is 64.2 Å². The van der Waals surface area contributed by atoms with Crippen LogP contribution in [-0.2, 0) is 11.3 Å². The van der Waals surface area contributed by atoms with E-state index in [2.05, 4.69) is 30.1 Å². The normalized spacial score (nSPS) is 16.3. The first-order valence-electron chi connectivity index (χ1n) is 13.3. The monoisotopic (exact) mass is 539 g/mol. The molecule has 1 N–H and O–H groups in total. The maximum Gasteiger partial charge on any atom is 0.229 e. The van der Waals surface area contributed by atoms with Gasteiger partial charge in [-0.15, -0.1) is 0 Å². The van der Waals surface area contributed by atoms with Crippen molar-refractivity contribution in [2.24, 2.45) is 0 Å². The lowest BCUT2D eigenvalue weighted by Crippen LogP contribution is -2.46. The number of benzene rings is 1. The number of aromatic nitrogens is 3. The summed E-state index contributed by atoms with van der Waals surface area (Å²) in [7, 11) is 1.73. The number of anilines is 3. The molecule has 5 rings (SSSR count). The molecule has 1 aromatic carbocycles. The number of halogens is 2. The van der Waals surface area contributed by atoms with Gasteiger partial charge in [-0.1, -0.05) is 6.07 Å². The van der Waals surface area contributed by atoms with Gasteiger partial charge in [-0.05, 0) is 37.6 Å². The molecule has 9 nitrogen and oxygen atoms in total. The Morgan fingerprint density at radius 1 is 1.00 bits per heavy atom. The van der Waals surface area contributed by atoms with Gasteiger partial charge in [-0.3, -0.25) is 9.80 Å². The van der Waals surface area contributed by atoms with E-state index >= 15 is 0 Å². The minimum absolute atomic E-state index is 0.00439.